The molecule has 0 amide bonds. The molecule has 6 heteroatoms. The molecule has 0 aliphatic rings. The Hall–Kier alpha value is -1.11. The van der Waals surface area contributed by atoms with Gasteiger partial charge in [-0.25, -0.2) is 13.1 Å². The summed E-state index contributed by atoms with van der Waals surface area (Å²) < 4.78 is 26.4. The summed E-state index contributed by atoms with van der Waals surface area (Å²) in [6.45, 7) is 2.40. The van der Waals surface area contributed by atoms with Gasteiger partial charge in [0.2, 0.25) is 10.0 Å². The third kappa shape index (κ3) is 4.33. The van der Waals surface area contributed by atoms with Crippen molar-refractivity contribution in [2.75, 3.05) is 20.6 Å². The summed E-state index contributed by atoms with van der Waals surface area (Å²) in [5.41, 5.74) is 0. The van der Waals surface area contributed by atoms with Crippen LogP contribution in [0, 0.1) is 0 Å². The van der Waals surface area contributed by atoms with Crippen LogP contribution in [0.5, 0.6) is 5.75 Å². The monoisotopic (exact) mass is 258 g/mol. The van der Waals surface area contributed by atoms with Gasteiger partial charge in [-0.05, 0) is 39.2 Å². The summed E-state index contributed by atoms with van der Waals surface area (Å²) >= 11 is 0. The minimum absolute atomic E-state index is 0.0619. The lowest BCUT2D eigenvalue weighted by Gasteiger charge is -2.18. The van der Waals surface area contributed by atoms with Gasteiger partial charge < -0.3 is 10.0 Å². The number of rotatable bonds is 5. The predicted octanol–water partition coefficient (Wildman–Crippen LogP) is 0.621. The molecule has 2 N–H and O–H groups in total. The number of hydrogen-bond donors (Lipinski definition) is 2. The standard InChI is InChI=1S/C11H18N2O3S/c1-9(8-13(2)3)12-17(15,16)11-6-4-5-10(14)7-11/h4-7,9,12,14H,8H2,1-3H3. The Morgan fingerprint density at radius 2 is 2.06 bits per heavy atom. The van der Waals surface area contributed by atoms with Crippen LogP contribution in [-0.2, 0) is 10.0 Å². The first-order valence-corrected chi connectivity index (χ1v) is 6.75. The van der Waals surface area contributed by atoms with Crippen LogP contribution in [0.2, 0.25) is 0 Å². The van der Waals surface area contributed by atoms with Crippen molar-refractivity contribution >= 4 is 10.0 Å². The van der Waals surface area contributed by atoms with Crippen molar-refractivity contribution in [3.8, 4) is 5.75 Å². The van der Waals surface area contributed by atoms with Crippen LogP contribution in [0.15, 0.2) is 29.2 Å². The molecule has 0 saturated heterocycles. The Kier molecular flexibility index (Phi) is 4.50. The van der Waals surface area contributed by atoms with Gasteiger partial charge >= 0.3 is 0 Å². The van der Waals surface area contributed by atoms with Gasteiger partial charge in [0.05, 0.1) is 4.90 Å². The highest BCUT2D eigenvalue weighted by Gasteiger charge is 2.17. The van der Waals surface area contributed by atoms with Crippen molar-refractivity contribution in [1.82, 2.24) is 9.62 Å². The number of nitrogens with one attached hydrogen (secondary N) is 1. The first-order chi connectivity index (χ1) is 7.81. The largest absolute Gasteiger partial charge is 0.508 e. The lowest BCUT2D eigenvalue weighted by molar-refractivity contribution is 0.370. The van der Waals surface area contributed by atoms with E-state index in [1.165, 1.54) is 24.3 Å². The van der Waals surface area contributed by atoms with E-state index in [9.17, 15) is 13.5 Å². The van der Waals surface area contributed by atoms with Gasteiger partial charge in [0.1, 0.15) is 5.75 Å². The van der Waals surface area contributed by atoms with Crippen LogP contribution in [0.3, 0.4) is 0 Å². The summed E-state index contributed by atoms with van der Waals surface area (Å²) in [5, 5.41) is 9.26. The van der Waals surface area contributed by atoms with Crippen LogP contribution < -0.4 is 4.72 Å². The molecule has 1 aromatic rings. The summed E-state index contributed by atoms with van der Waals surface area (Å²) in [6, 6.07) is 5.41. The van der Waals surface area contributed by atoms with E-state index in [1.807, 2.05) is 19.0 Å². The number of benzene rings is 1. The molecule has 1 rings (SSSR count). The number of likely N-dealkylation sites (N-methyl/N-ethyl adjacent to an activating group) is 1. The molecule has 0 aliphatic heterocycles. The van der Waals surface area contributed by atoms with Gasteiger partial charge in [-0.1, -0.05) is 6.07 Å². The molecule has 1 atom stereocenters. The van der Waals surface area contributed by atoms with Crippen LogP contribution >= 0.6 is 0 Å². The highest BCUT2D eigenvalue weighted by Crippen LogP contribution is 2.15. The lowest BCUT2D eigenvalue weighted by atomic mass is 10.3. The van der Waals surface area contributed by atoms with Gasteiger partial charge in [-0.2, -0.15) is 0 Å². The average Bonchev–Trinajstić information content (AvgIpc) is 2.15. The number of aromatic hydroxyl groups is 1. The van der Waals surface area contributed by atoms with Crippen molar-refractivity contribution in [2.45, 2.75) is 17.9 Å². The molecule has 0 saturated carbocycles. The maximum Gasteiger partial charge on any atom is 0.240 e. The van der Waals surface area contributed by atoms with E-state index in [4.69, 9.17) is 0 Å². The number of nitrogens with zero attached hydrogens (tertiary/aromatic N) is 1. The fourth-order valence-corrected chi connectivity index (χ4v) is 2.84. The molecule has 5 nitrogen and oxygen atoms in total. The third-order valence-electron chi connectivity index (χ3n) is 2.12. The second-order valence-electron chi connectivity index (χ2n) is 4.28. The summed E-state index contributed by atoms with van der Waals surface area (Å²) in [5.74, 6) is -0.0619. The van der Waals surface area contributed by atoms with E-state index in [0.29, 0.717) is 6.54 Å². The van der Waals surface area contributed by atoms with E-state index in [-0.39, 0.29) is 16.7 Å². The topological polar surface area (TPSA) is 69.6 Å². The second kappa shape index (κ2) is 5.48. The zero-order chi connectivity index (χ0) is 13.1. The van der Waals surface area contributed by atoms with Gasteiger partial charge in [-0.3, -0.25) is 0 Å². The number of phenols is 1. The first-order valence-electron chi connectivity index (χ1n) is 5.27. The Morgan fingerprint density at radius 3 is 2.59 bits per heavy atom. The Bertz CT molecular complexity index is 471. The second-order valence-corrected chi connectivity index (χ2v) is 6.00. The SMILES string of the molecule is CC(CN(C)C)NS(=O)(=O)c1cccc(O)c1. The van der Waals surface area contributed by atoms with Crippen LogP contribution in [0.25, 0.3) is 0 Å². The lowest BCUT2D eigenvalue weighted by Crippen LogP contribution is -2.39. The average molecular weight is 258 g/mol. The highest BCUT2D eigenvalue weighted by molar-refractivity contribution is 7.89. The number of sulfonamides is 1. The van der Waals surface area contributed by atoms with Gasteiger partial charge in [0, 0.05) is 12.6 Å². The van der Waals surface area contributed by atoms with Crippen molar-refractivity contribution in [1.29, 1.82) is 0 Å². The van der Waals surface area contributed by atoms with Crippen molar-refractivity contribution in [3.63, 3.8) is 0 Å². The molecule has 0 aliphatic carbocycles. The van der Waals surface area contributed by atoms with Gasteiger partial charge in [0.15, 0.2) is 0 Å². The minimum Gasteiger partial charge on any atom is -0.508 e. The van der Waals surface area contributed by atoms with Crippen LogP contribution in [0.4, 0.5) is 0 Å². The van der Waals surface area contributed by atoms with Gasteiger partial charge in [-0.15, -0.1) is 0 Å². The zero-order valence-corrected chi connectivity index (χ0v) is 11.0. The molecule has 1 aromatic carbocycles. The Balaban J connectivity index is 2.82. The third-order valence-corrected chi connectivity index (χ3v) is 3.71. The first kappa shape index (κ1) is 14.0. The molecule has 0 fully saturated rings. The quantitative estimate of drug-likeness (QED) is 0.812. The predicted molar refractivity (Wildman–Crippen MR) is 66.4 cm³/mol. The summed E-state index contributed by atoms with van der Waals surface area (Å²) in [6.07, 6.45) is 0. The molecule has 0 aromatic heterocycles. The molecule has 0 radical (unpaired) electrons. The van der Waals surface area contributed by atoms with Crippen molar-refractivity contribution in [3.05, 3.63) is 24.3 Å². The van der Waals surface area contributed by atoms with E-state index in [1.54, 1.807) is 6.92 Å². The van der Waals surface area contributed by atoms with Gasteiger partial charge in [0.25, 0.3) is 0 Å². The molecule has 0 spiro atoms. The smallest absolute Gasteiger partial charge is 0.240 e. The zero-order valence-electron chi connectivity index (χ0n) is 10.2. The molecule has 0 heterocycles. The molecule has 0 bridgehead atoms. The minimum atomic E-state index is -3.56. The van der Waals surface area contributed by atoms with Crippen molar-refractivity contribution in [2.24, 2.45) is 0 Å². The number of hydrogen-bond acceptors (Lipinski definition) is 4. The van der Waals surface area contributed by atoms with E-state index >= 15 is 0 Å². The summed E-state index contributed by atoms with van der Waals surface area (Å²) in [4.78, 5) is 1.97. The molecular formula is C11H18N2O3S. The highest BCUT2D eigenvalue weighted by atomic mass is 32.2. The van der Waals surface area contributed by atoms with Crippen LogP contribution in [0.1, 0.15) is 6.92 Å². The molecular weight excluding hydrogens is 240 g/mol. The van der Waals surface area contributed by atoms with E-state index in [0.717, 1.165) is 0 Å². The number of phenolic OH excluding ortho intramolecular Hbond substituents is 1. The fourth-order valence-electron chi connectivity index (χ4n) is 1.57. The molecule has 96 valence electrons. The fraction of sp³-hybridized carbons (Fsp3) is 0.455. The van der Waals surface area contributed by atoms with Crippen molar-refractivity contribution < 1.29 is 13.5 Å². The normalized spacial score (nSPS) is 13.9. The molecule has 17 heavy (non-hydrogen) atoms. The maximum atomic E-state index is 11.9. The molecule has 1 unspecified atom stereocenters. The Morgan fingerprint density at radius 1 is 1.41 bits per heavy atom. The van der Waals surface area contributed by atoms with E-state index in [2.05, 4.69) is 4.72 Å². The Labute approximate surface area is 102 Å². The summed E-state index contributed by atoms with van der Waals surface area (Å²) in [7, 11) is 0.184. The maximum absolute atomic E-state index is 11.9. The van der Waals surface area contributed by atoms with Crippen LogP contribution in [-0.4, -0.2) is 45.1 Å². The van der Waals surface area contributed by atoms with E-state index < -0.39 is 10.0 Å².